The maximum absolute atomic E-state index is 11.9. The van der Waals surface area contributed by atoms with E-state index in [2.05, 4.69) is 0 Å². The Morgan fingerprint density at radius 2 is 2.31 bits per heavy atom. The maximum Gasteiger partial charge on any atom is 0.230 e. The highest BCUT2D eigenvalue weighted by Crippen LogP contribution is 2.21. The van der Waals surface area contributed by atoms with E-state index < -0.39 is 15.3 Å². The Hall–Kier alpha value is -0.640. The summed E-state index contributed by atoms with van der Waals surface area (Å²) >= 11 is 0. The van der Waals surface area contributed by atoms with Gasteiger partial charge in [0.2, 0.25) is 10.0 Å². The van der Waals surface area contributed by atoms with Gasteiger partial charge in [-0.25, -0.2) is 12.7 Å². The highest BCUT2D eigenvalue weighted by atomic mass is 32.2. The third-order valence-electron chi connectivity index (χ3n) is 2.87. The van der Waals surface area contributed by atoms with Gasteiger partial charge >= 0.3 is 0 Å². The van der Waals surface area contributed by atoms with Crippen molar-refractivity contribution in [1.29, 1.82) is 5.26 Å². The predicted molar refractivity (Wildman–Crippen MR) is 60.2 cm³/mol. The Labute approximate surface area is 97.0 Å². The van der Waals surface area contributed by atoms with Gasteiger partial charge < -0.3 is 4.74 Å². The fraction of sp³-hybridized carbons (Fsp3) is 0.900. The largest absolute Gasteiger partial charge is 0.384 e. The van der Waals surface area contributed by atoms with Crippen LogP contribution in [0.5, 0.6) is 0 Å². The van der Waals surface area contributed by atoms with E-state index >= 15 is 0 Å². The summed E-state index contributed by atoms with van der Waals surface area (Å²) in [5.74, 6) is 0.249. The van der Waals surface area contributed by atoms with Crippen molar-refractivity contribution in [2.75, 3.05) is 26.8 Å². The van der Waals surface area contributed by atoms with Crippen molar-refractivity contribution in [2.24, 2.45) is 5.92 Å². The van der Waals surface area contributed by atoms with Crippen molar-refractivity contribution < 1.29 is 13.2 Å². The molecule has 0 aromatic rings. The van der Waals surface area contributed by atoms with E-state index in [9.17, 15) is 8.42 Å². The van der Waals surface area contributed by atoms with Gasteiger partial charge in [-0.3, -0.25) is 0 Å². The van der Waals surface area contributed by atoms with Gasteiger partial charge in [-0.1, -0.05) is 0 Å². The van der Waals surface area contributed by atoms with Crippen LogP contribution in [-0.2, 0) is 14.8 Å². The van der Waals surface area contributed by atoms with Crippen molar-refractivity contribution >= 4 is 10.0 Å². The van der Waals surface area contributed by atoms with Crippen LogP contribution < -0.4 is 0 Å². The van der Waals surface area contributed by atoms with Crippen LogP contribution in [0.25, 0.3) is 0 Å². The molecule has 5 nitrogen and oxygen atoms in total. The third-order valence-corrected chi connectivity index (χ3v) is 4.92. The van der Waals surface area contributed by atoms with E-state index in [1.165, 1.54) is 11.2 Å². The Morgan fingerprint density at radius 1 is 1.62 bits per heavy atom. The molecule has 1 aliphatic rings. The van der Waals surface area contributed by atoms with E-state index in [0.29, 0.717) is 19.7 Å². The van der Waals surface area contributed by atoms with E-state index in [4.69, 9.17) is 10.00 Å². The molecule has 0 aromatic heterocycles. The zero-order valence-electron chi connectivity index (χ0n) is 9.72. The molecule has 1 fully saturated rings. The van der Waals surface area contributed by atoms with Gasteiger partial charge in [0, 0.05) is 20.2 Å². The molecule has 16 heavy (non-hydrogen) atoms. The van der Waals surface area contributed by atoms with Crippen molar-refractivity contribution in [2.45, 2.75) is 25.0 Å². The van der Waals surface area contributed by atoms with Crippen molar-refractivity contribution in [3.05, 3.63) is 0 Å². The molecule has 1 rings (SSSR count). The Bertz CT molecular complexity index is 359. The predicted octanol–water partition coefficient (Wildman–Crippen LogP) is 0.587. The van der Waals surface area contributed by atoms with E-state index in [0.717, 1.165) is 12.8 Å². The number of methoxy groups -OCH3 is 1. The normalized spacial score (nSPS) is 24.9. The van der Waals surface area contributed by atoms with Crippen LogP contribution >= 0.6 is 0 Å². The lowest BCUT2D eigenvalue weighted by molar-refractivity contribution is 0.118. The molecule has 0 radical (unpaired) electrons. The highest BCUT2D eigenvalue weighted by molar-refractivity contribution is 7.89. The van der Waals surface area contributed by atoms with E-state index in [1.54, 1.807) is 13.2 Å². The van der Waals surface area contributed by atoms with Crippen LogP contribution in [0.1, 0.15) is 19.8 Å². The zero-order chi connectivity index (χ0) is 12.2. The second kappa shape index (κ2) is 5.62. The van der Waals surface area contributed by atoms with Crippen molar-refractivity contribution in [3.63, 3.8) is 0 Å². The standard InChI is InChI=1S/C10H18N2O3S/c1-9(6-11)16(13,14)12-5-3-4-10(7-12)8-15-2/h9-10H,3-5,7-8H2,1-2H3. The molecular formula is C10H18N2O3S. The Kier molecular flexibility index (Phi) is 4.71. The maximum atomic E-state index is 11.9. The molecule has 0 aromatic carbocycles. The van der Waals surface area contributed by atoms with Gasteiger partial charge in [-0.05, 0) is 25.7 Å². The summed E-state index contributed by atoms with van der Waals surface area (Å²) in [6, 6.07) is 1.79. The summed E-state index contributed by atoms with van der Waals surface area (Å²) in [5.41, 5.74) is 0. The summed E-state index contributed by atoms with van der Waals surface area (Å²) < 4.78 is 30.3. The number of piperidine rings is 1. The summed E-state index contributed by atoms with van der Waals surface area (Å²) in [5, 5.41) is 7.73. The van der Waals surface area contributed by atoms with Gasteiger partial charge in [0.05, 0.1) is 12.7 Å². The summed E-state index contributed by atoms with van der Waals surface area (Å²) in [6.07, 6.45) is 1.83. The van der Waals surface area contributed by atoms with Crippen LogP contribution in [-0.4, -0.2) is 44.8 Å². The molecule has 6 heteroatoms. The topological polar surface area (TPSA) is 70.4 Å². The lowest BCUT2D eigenvalue weighted by Gasteiger charge is -2.32. The molecule has 0 bridgehead atoms. The average molecular weight is 246 g/mol. The first-order valence-electron chi connectivity index (χ1n) is 5.40. The summed E-state index contributed by atoms with van der Waals surface area (Å²) in [6.45, 7) is 3.00. The van der Waals surface area contributed by atoms with Gasteiger partial charge in [0.25, 0.3) is 0 Å². The molecule has 0 amide bonds. The SMILES string of the molecule is COCC1CCCN(S(=O)(=O)C(C)C#N)C1. The summed E-state index contributed by atoms with van der Waals surface area (Å²) in [7, 11) is -1.83. The van der Waals surface area contributed by atoms with Crippen LogP contribution in [0.15, 0.2) is 0 Å². The molecule has 1 heterocycles. The third kappa shape index (κ3) is 2.94. The van der Waals surface area contributed by atoms with Crippen LogP contribution in [0.3, 0.4) is 0 Å². The molecule has 92 valence electrons. The Morgan fingerprint density at radius 3 is 2.88 bits per heavy atom. The molecule has 0 aliphatic carbocycles. The van der Waals surface area contributed by atoms with Gasteiger partial charge in [-0.15, -0.1) is 0 Å². The quantitative estimate of drug-likeness (QED) is 0.727. The number of sulfonamides is 1. The van der Waals surface area contributed by atoms with Crippen molar-refractivity contribution in [1.82, 2.24) is 4.31 Å². The number of ether oxygens (including phenoxy) is 1. The van der Waals surface area contributed by atoms with Crippen molar-refractivity contribution in [3.8, 4) is 6.07 Å². The molecule has 0 N–H and O–H groups in total. The fourth-order valence-electron chi connectivity index (χ4n) is 1.92. The molecular weight excluding hydrogens is 228 g/mol. The highest BCUT2D eigenvalue weighted by Gasteiger charge is 2.32. The van der Waals surface area contributed by atoms with Gasteiger partial charge in [0.1, 0.15) is 0 Å². The van der Waals surface area contributed by atoms with Gasteiger partial charge in [0.15, 0.2) is 5.25 Å². The second-order valence-corrected chi connectivity index (χ2v) is 6.39. The number of hydrogen-bond donors (Lipinski definition) is 0. The van der Waals surface area contributed by atoms with Crippen LogP contribution in [0.2, 0.25) is 0 Å². The molecule has 1 saturated heterocycles. The average Bonchev–Trinajstić information content (AvgIpc) is 2.28. The summed E-state index contributed by atoms with van der Waals surface area (Å²) in [4.78, 5) is 0. The number of rotatable bonds is 4. The molecule has 2 atom stereocenters. The van der Waals surface area contributed by atoms with Crippen LogP contribution in [0, 0.1) is 17.2 Å². The number of nitriles is 1. The number of hydrogen-bond acceptors (Lipinski definition) is 4. The first kappa shape index (κ1) is 13.4. The molecule has 1 aliphatic heterocycles. The zero-order valence-corrected chi connectivity index (χ0v) is 10.5. The fourth-order valence-corrected chi connectivity index (χ4v) is 3.30. The smallest absolute Gasteiger partial charge is 0.230 e. The van der Waals surface area contributed by atoms with Crippen LogP contribution in [0.4, 0.5) is 0 Å². The monoisotopic (exact) mass is 246 g/mol. The minimum Gasteiger partial charge on any atom is -0.384 e. The van der Waals surface area contributed by atoms with E-state index in [-0.39, 0.29) is 5.92 Å². The molecule has 0 saturated carbocycles. The molecule has 2 unspecified atom stereocenters. The van der Waals surface area contributed by atoms with Gasteiger partial charge in [-0.2, -0.15) is 5.26 Å². The minimum absolute atomic E-state index is 0.249. The number of nitrogens with zero attached hydrogens (tertiary/aromatic N) is 2. The Balaban J connectivity index is 2.71. The lowest BCUT2D eigenvalue weighted by Crippen LogP contribution is -2.44. The lowest BCUT2D eigenvalue weighted by atomic mass is 10.0. The molecule has 0 spiro atoms. The first-order valence-corrected chi connectivity index (χ1v) is 6.90. The second-order valence-electron chi connectivity index (χ2n) is 4.14. The van der Waals surface area contributed by atoms with E-state index in [1.807, 2.05) is 0 Å². The first-order chi connectivity index (χ1) is 7.52. The minimum atomic E-state index is -3.45.